The SMILES string of the molecule is Cc1cccc(OCC(=O)Nc2ccc(S(=O)(=O)Nc3ccccc3F)cc2)c1. The van der Waals surface area contributed by atoms with Gasteiger partial charge in [0.25, 0.3) is 15.9 Å². The number of carbonyl (C=O) groups excluding carboxylic acids is 1. The molecule has 0 aliphatic heterocycles. The zero-order valence-electron chi connectivity index (χ0n) is 15.6. The van der Waals surface area contributed by atoms with Gasteiger partial charge in [0.05, 0.1) is 10.6 Å². The lowest BCUT2D eigenvalue weighted by atomic mass is 10.2. The third kappa shape index (κ3) is 5.55. The van der Waals surface area contributed by atoms with Crippen molar-refractivity contribution in [2.75, 3.05) is 16.6 Å². The first-order valence-corrected chi connectivity index (χ1v) is 10.2. The second-order valence-electron chi connectivity index (χ2n) is 6.26. The molecule has 150 valence electrons. The van der Waals surface area contributed by atoms with E-state index in [1.54, 1.807) is 6.07 Å². The van der Waals surface area contributed by atoms with Gasteiger partial charge in [0, 0.05) is 5.69 Å². The van der Waals surface area contributed by atoms with Crippen molar-refractivity contribution in [3.8, 4) is 5.75 Å². The van der Waals surface area contributed by atoms with Crippen molar-refractivity contribution >= 4 is 27.3 Å². The Balaban J connectivity index is 1.60. The van der Waals surface area contributed by atoms with Gasteiger partial charge < -0.3 is 10.1 Å². The van der Waals surface area contributed by atoms with E-state index in [0.29, 0.717) is 11.4 Å². The summed E-state index contributed by atoms with van der Waals surface area (Å²) in [6, 6.07) is 18.3. The van der Waals surface area contributed by atoms with Crippen LogP contribution >= 0.6 is 0 Å². The summed E-state index contributed by atoms with van der Waals surface area (Å²) in [5, 5.41) is 2.63. The van der Waals surface area contributed by atoms with E-state index in [0.717, 1.165) is 11.6 Å². The molecule has 2 N–H and O–H groups in total. The Morgan fingerprint density at radius 3 is 2.41 bits per heavy atom. The normalized spacial score (nSPS) is 11.0. The molecule has 0 saturated heterocycles. The maximum atomic E-state index is 13.7. The number of benzene rings is 3. The summed E-state index contributed by atoms with van der Waals surface area (Å²) in [6.07, 6.45) is 0. The van der Waals surface area contributed by atoms with Crippen LogP contribution in [0.5, 0.6) is 5.75 Å². The Morgan fingerprint density at radius 1 is 1.00 bits per heavy atom. The molecule has 1 amide bonds. The summed E-state index contributed by atoms with van der Waals surface area (Å²) in [7, 11) is -3.96. The highest BCUT2D eigenvalue weighted by Crippen LogP contribution is 2.20. The van der Waals surface area contributed by atoms with Gasteiger partial charge in [0.2, 0.25) is 0 Å². The number of aryl methyl sites for hydroxylation is 1. The Hall–Kier alpha value is -3.39. The molecule has 3 rings (SSSR count). The van der Waals surface area contributed by atoms with Crippen LogP contribution in [0.25, 0.3) is 0 Å². The summed E-state index contributed by atoms with van der Waals surface area (Å²) in [4.78, 5) is 12.0. The van der Waals surface area contributed by atoms with E-state index < -0.39 is 15.8 Å². The molecule has 0 saturated carbocycles. The van der Waals surface area contributed by atoms with Crippen molar-refractivity contribution in [2.24, 2.45) is 0 Å². The number of amides is 1. The monoisotopic (exact) mass is 414 g/mol. The van der Waals surface area contributed by atoms with Crippen molar-refractivity contribution in [1.82, 2.24) is 0 Å². The van der Waals surface area contributed by atoms with Gasteiger partial charge in [0.15, 0.2) is 6.61 Å². The van der Waals surface area contributed by atoms with Gasteiger partial charge in [-0.15, -0.1) is 0 Å². The van der Waals surface area contributed by atoms with Crippen LogP contribution in [-0.2, 0) is 14.8 Å². The average Bonchev–Trinajstić information content (AvgIpc) is 2.69. The molecule has 0 bridgehead atoms. The van der Waals surface area contributed by atoms with Crippen LogP contribution in [0.3, 0.4) is 0 Å². The zero-order valence-corrected chi connectivity index (χ0v) is 16.4. The van der Waals surface area contributed by atoms with E-state index in [9.17, 15) is 17.6 Å². The van der Waals surface area contributed by atoms with Gasteiger partial charge in [-0.2, -0.15) is 0 Å². The van der Waals surface area contributed by atoms with Crippen LogP contribution in [-0.4, -0.2) is 20.9 Å². The Labute approximate surface area is 168 Å². The number of para-hydroxylation sites is 1. The van der Waals surface area contributed by atoms with Gasteiger partial charge in [-0.3, -0.25) is 9.52 Å². The van der Waals surface area contributed by atoms with Gasteiger partial charge in [0.1, 0.15) is 11.6 Å². The summed E-state index contributed by atoms with van der Waals surface area (Å²) < 4.78 is 46.1. The lowest BCUT2D eigenvalue weighted by molar-refractivity contribution is -0.118. The molecular weight excluding hydrogens is 395 g/mol. The smallest absolute Gasteiger partial charge is 0.262 e. The molecule has 3 aromatic carbocycles. The molecule has 0 radical (unpaired) electrons. The fourth-order valence-electron chi connectivity index (χ4n) is 2.52. The van der Waals surface area contributed by atoms with Crippen LogP contribution in [0, 0.1) is 12.7 Å². The highest BCUT2D eigenvalue weighted by molar-refractivity contribution is 7.92. The molecule has 0 fully saturated rings. The molecule has 6 nitrogen and oxygen atoms in total. The van der Waals surface area contributed by atoms with E-state index in [-0.39, 0.29) is 23.1 Å². The minimum atomic E-state index is -3.96. The highest BCUT2D eigenvalue weighted by Gasteiger charge is 2.16. The number of nitrogens with one attached hydrogen (secondary N) is 2. The third-order valence-electron chi connectivity index (χ3n) is 3.93. The maximum Gasteiger partial charge on any atom is 0.262 e. The topological polar surface area (TPSA) is 84.5 Å². The van der Waals surface area contributed by atoms with Crippen molar-refractivity contribution in [3.05, 3.63) is 84.2 Å². The first kappa shape index (κ1) is 20.3. The van der Waals surface area contributed by atoms with E-state index in [1.165, 1.54) is 42.5 Å². The van der Waals surface area contributed by atoms with Gasteiger partial charge in [-0.05, 0) is 61.0 Å². The zero-order chi connectivity index (χ0) is 20.9. The highest BCUT2D eigenvalue weighted by atomic mass is 32.2. The van der Waals surface area contributed by atoms with E-state index in [2.05, 4.69) is 10.0 Å². The van der Waals surface area contributed by atoms with E-state index in [1.807, 2.05) is 25.1 Å². The summed E-state index contributed by atoms with van der Waals surface area (Å²) in [6.45, 7) is 1.74. The summed E-state index contributed by atoms with van der Waals surface area (Å²) in [5.41, 5.74) is 1.29. The first-order chi connectivity index (χ1) is 13.8. The molecule has 0 unspecified atom stereocenters. The summed E-state index contributed by atoms with van der Waals surface area (Å²) >= 11 is 0. The molecule has 0 aliphatic carbocycles. The molecule has 0 aliphatic rings. The van der Waals surface area contributed by atoms with Crippen LogP contribution in [0.15, 0.2) is 77.7 Å². The van der Waals surface area contributed by atoms with Gasteiger partial charge in [-0.25, -0.2) is 12.8 Å². The predicted octanol–water partition coefficient (Wildman–Crippen LogP) is 3.95. The van der Waals surface area contributed by atoms with Crippen molar-refractivity contribution in [2.45, 2.75) is 11.8 Å². The number of rotatable bonds is 7. The Morgan fingerprint density at radius 2 is 1.72 bits per heavy atom. The molecular formula is C21H19FN2O4S. The Kier molecular flexibility index (Phi) is 6.13. The number of halogens is 1. The molecule has 0 aromatic heterocycles. The molecule has 0 spiro atoms. The minimum Gasteiger partial charge on any atom is -0.484 e. The Bertz CT molecular complexity index is 1120. The molecule has 3 aromatic rings. The number of ether oxygens (including phenoxy) is 1. The standard InChI is InChI=1S/C21H19FN2O4S/c1-15-5-4-6-17(13-15)28-14-21(25)23-16-9-11-18(12-10-16)29(26,27)24-20-8-3-2-7-19(20)22/h2-13,24H,14H2,1H3,(H,23,25). The number of hydrogen-bond donors (Lipinski definition) is 2. The molecule has 29 heavy (non-hydrogen) atoms. The molecule has 0 atom stereocenters. The van der Waals surface area contributed by atoms with Crippen LogP contribution < -0.4 is 14.8 Å². The number of sulfonamides is 1. The lowest BCUT2D eigenvalue weighted by Crippen LogP contribution is -2.20. The van der Waals surface area contributed by atoms with Crippen LogP contribution in [0.1, 0.15) is 5.56 Å². The van der Waals surface area contributed by atoms with Gasteiger partial charge >= 0.3 is 0 Å². The van der Waals surface area contributed by atoms with Crippen molar-refractivity contribution in [3.63, 3.8) is 0 Å². The second kappa shape index (κ2) is 8.74. The fourth-order valence-corrected chi connectivity index (χ4v) is 3.58. The molecule has 0 heterocycles. The second-order valence-corrected chi connectivity index (χ2v) is 7.95. The van der Waals surface area contributed by atoms with E-state index in [4.69, 9.17) is 4.74 Å². The first-order valence-electron chi connectivity index (χ1n) is 8.70. The van der Waals surface area contributed by atoms with Crippen molar-refractivity contribution < 1.29 is 22.3 Å². The third-order valence-corrected chi connectivity index (χ3v) is 5.31. The van der Waals surface area contributed by atoms with Crippen LogP contribution in [0.2, 0.25) is 0 Å². The molecule has 8 heteroatoms. The van der Waals surface area contributed by atoms with E-state index >= 15 is 0 Å². The van der Waals surface area contributed by atoms with Crippen LogP contribution in [0.4, 0.5) is 15.8 Å². The van der Waals surface area contributed by atoms with Gasteiger partial charge in [-0.1, -0.05) is 24.3 Å². The lowest BCUT2D eigenvalue weighted by Gasteiger charge is -2.10. The quantitative estimate of drug-likeness (QED) is 0.613. The number of anilines is 2. The minimum absolute atomic E-state index is 0.0604. The summed E-state index contributed by atoms with van der Waals surface area (Å²) in [5.74, 6) is -0.471. The fraction of sp³-hybridized carbons (Fsp3) is 0.0952. The average molecular weight is 414 g/mol. The van der Waals surface area contributed by atoms with Crippen molar-refractivity contribution in [1.29, 1.82) is 0 Å². The maximum absolute atomic E-state index is 13.7. The number of hydrogen-bond acceptors (Lipinski definition) is 4. The largest absolute Gasteiger partial charge is 0.484 e. The number of carbonyl (C=O) groups is 1. The predicted molar refractivity (Wildman–Crippen MR) is 109 cm³/mol.